The molecule has 0 N–H and O–H groups in total. The lowest BCUT2D eigenvalue weighted by molar-refractivity contribution is 0.293. The minimum absolute atomic E-state index is 0.320. The van der Waals surface area contributed by atoms with Crippen molar-refractivity contribution in [2.75, 3.05) is 14.2 Å². The number of halogens is 1. The van der Waals surface area contributed by atoms with Gasteiger partial charge in [0.1, 0.15) is 18.1 Å². The van der Waals surface area contributed by atoms with Crippen molar-refractivity contribution in [1.29, 1.82) is 0 Å². The number of hydrogen-bond acceptors (Lipinski definition) is 5. The van der Waals surface area contributed by atoms with Gasteiger partial charge in [-0.2, -0.15) is 0 Å². The number of nitrogens with zero attached hydrogens (tertiary/aromatic N) is 2. The fourth-order valence-electron chi connectivity index (χ4n) is 2.32. The van der Waals surface area contributed by atoms with Gasteiger partial charge >= 0.3 is 0 Å². The monoisotopic (exact) mass is 400 g/mol. The van der Waals surface area contributed by atoms with Crippen LogP contribution in [-0.2, 0) is 6.61 Å². The van der Waals surface area contributed by atoms with E-state index >= 15 is 0 Å². The zero-order chi connectivity index (χ0) is 17.6. The summed E-state index contributed by atoms with van der Waals surface area (Å²) in [7, 11) is 3.24. The predicted octanol–water partition coefficient (Wildman–Crippen LogP) is 4.50. The second-order valence-corrected chi connectivity index (χ2v) is 6.05. The molecule has 0 saturated carbocycles. The zero-order valence-electron chi connectivity index (χ0n) is 13.9. The summed E-state index contributed by atoms with van der Waals surface area (Å²) < 4.78 is 17.3. The molecule has 1 heterocycles. The smallest absolute Gasteiger partial charge is 0.159 e. The number of rotatable bonds is 6. The Morgan fingerprint density at radius 3 is 2.24 bits per heavy atom. The lowest BCUT2D eigenvalue weighted by Crippen LogP contribution is -2.01. The van der Waals surface area contributed by atoms with Gasteiger partial charge in [-0.3, -0.25) is 0 Å². The summed E-state index contributed by atoms with van der Waals surface area (Å²) in [5, 5.41) is 0. The largest absolute Gasteiger partial charge is 0.496 e. The fraction of sp³-hybridized carbons (Fsp3) is 0.158. The van der Waals surface area contributed by atoms with Crippen molar-refractivity contribution in [1.82, 2.24) is 9.97 Å². The third kappa shape index (κ3) is 4.09. The van der Waals surface area contributed by atoms with E-state index in [9.17, 15) is 0 Å². The van der Waals surface area contributed by atoms with Crippen LogP contribution in [0.3, 0.4) is 0 Å². The lowest BCUT2D eigenvalue weighted by atomic mass is 10.2. The summed E-state index contributed by atoms with van der Waals surface area (Å²) in [4.78, 5) is 8.70. The maximum absolute atomic E-state index is 5.79. The van der Waals surface area contributed by atoms with Gasteiger partial charge in [0.05, 0.1) is 31.1 Å². The van der Waals surface area contributed by atoms with E-state index in [4.69, 9.17) is 14.2 Å². The quantitative estimate of drug-likeness (QED) is 0.609. The van der Waals surface area contributed by atoms with Crippen molar-refractivity contribution >= 4 is 15.9 Å². The van der Waals surface area contributed by atoms with Crippen LogP contribution in [0.15, 0.2) is 59.3 Å². The molecule has 25 heavy (non-hydrogen) atoms. The molecule has 0 bridgehead atoms. The number of benzene rings is 2. The SMILES string of the molecule is COc1cc(COc2cnc(-c3ccccc3)nc2)c(OC)cc1Br. The fourth-order valence-corrected chi connectivity index (χ4v) is 2.81. The van der Waals surface area contributed by atoms with Crippen LogP contribution in [0.4, 0.5) is 0 Å². The van der Waals surface area contributed by atoms with Gasteiger partial charge in [-0.15, -0.1) is 0 Å². The van der Waals surface area contributed by atoms with E-state index in [0.29, 0.717) is 18.2 Å². The number of methoxy groups -OCH3 is 2. The summed E-state index contributed by atoms with van der Waals surface area (Å²) in [6.07, 6.45) is 3.33. The van der Waals surface area contributed by atoms with Gasteiger partial charge in [-0.1, -0.05) is 30.3 Å². The van der Waals surface area contributed by atoms with Crippen molar-refractivity contribution in [2.24, 2.45) is 0 Å². The molecular weight excluding hydrogens is 384 g/mol. The molecule has 1 aromatic heterocycles. The Bertz CT molecular complexity index is 839. The predicted molar refractivity (Wildman–Crippen MR) is 99.0 cm³/mol. The van der Waals surface area contributed by atoms with Crippen LogP contribution in [0.1, 0.15) is 5.56 Å². The number of ether oxygens (including phenoxy) is 3. The van der Waals surface area contributed by atoms with E-state index in [1.54, 1.807) is 26.6 Å². The number of hydrogen-bond donors (Lipinski definition) is 0. The molecule has 0 atom stereocenters. The minimum atomic E-state index is 0.320. The molecule has 5 nitrogen and oxygen atoms in total. The maximum atomic E-state index is 5.79. The first kappa shape index (κ1) is 17.2. The van der Waals surface area contributed by atoms with E-state index in [1.807, 2.05) is 42.5 Å². The summed E-state index contributed by atoms with van der Waals surface area (Å²) in [6, 6.07) is 13.5. The third-order valence-electron chi connectivity index (χ3n) is 3.61. The Morgan fingerprint density at radius 1 is 0.920 bits per heavy atom. The van der Waals surface area contributed by atoms with Crippen molar-refractivity contribution in [3.63, 3.8) is 0 Å². The van der Waals surface area contributed by atoms with Crippen LogP contribution in [0.5, 0.6) is 17.2 Å². The van der Waals surface area contributed by atoms with Gasteiger partial charge in [-0.25, -0.2) is 9.97 Å². The summed E-state index contributed by atoms with van der Waals surface area (Å²) >= 11 is 3.44. The Kier molecular flexibility index (Phi) is 5.50. The molecule has 3 rings (SSSR count). The Balaban J connectivity index is 1.74. The second kappa shape index (κ2) is 7.98. The van der Waals surface area contributed by atoms with Crippen LogP contribution >= 0.6 is 15.9 Å². The molecule has 2 aromatic carbocycles. The molecule has 0 aliphatic rings. The molecular formula is C19H17BrN2O3. The van der Waals surface area contributed by atoms with Gasteiger partial charge in [0.15, 0.2) is 11.6 Å². The molecule has 0 saturated heterocycles. The van der Waals surface area contributed by atoms with E-state index in [2.05, 4.69) is 25.9 Å². The van der Waals surface area contributed by atoms with Crippen LogP contribution in [0.25, 0.3) is 11.4 Å². The first-order chi connectivity index (χ1) is 12.2. The average Bonchev–Trinajstić information content (AvgIpc) is 2.67. The van der Waals surface area contributed by atoms with Crippen molar-refractivity contribution in [2.45, 2.75) is 6.61 Å². The van der Waals surface area contributed by atoms with Gasteiger partial charge < -0.3 is 14.2 Å². The molecule has 0 spiro atoms. The normalized spacial score (nSPS) is 10.4. The molecule has 0 amide bonds. The minimum Gasteiger partial charge on any atom is -0.496 e. The van der Waals surface area contributed by atoms with E-state index in [-0.39, 0.29) is 0 Å². The topological polar surface area (TPSA) is 53.5 Å². The third-order valence-corrected chi connectivity index (χ3v) is 4.23. The highest BCUT2D eigenvalue weighted by atomic mass is 79.9. The first-order valence-electron chi connectivity index (χ1n) is 7.62. The summed E-state index contributed by atoms with van der Waals surface area (Å²) in [5.74, 6) is 2.68. The van der Waals surface area contributed by atoms with E-state index < -0.39 is 0 Å². The molecule has 0 unspecified atom stereocenters. The summed E-state index contributed by atoms with van der Waals surface area (Å²) in [6.45, 7) is 0.320. The average molecular weight is 401 g/mol. The van der Waals surface area contributed by atoms with Crippen molar-refractivity contribution in [3.8, 4) is 28.6 Å². The van der Waals surface area contributed by atoms with Crippen LogP contribution in [-0.4, -0.2) is 24.2 Å². The molecule has 0 aliphatic carbocycles. The molecule has 0 aliphatic heterocycles. The number of aromatic nitrogens is 2. The summed E-state index contributed by atoms with van der Waals surface area (Å²) in [5.41, 5.74) is 1.84. The van der Waals surface area contributed by atoms with Crippen LogP contribution in [0.2, 0.25) is 0 Å². The van der Waals surface area contributed by atoms with Crippen LogP contribution in [0, 0.1) is 0 Å². The highest BCUT2D eigenvalue weighted by molar-refractivity contribution is 9.10. The highest BCUT2D eigenvalue weighted by Gasteiger charge is 2.11. The Labute approximate surface area is 154 Å². The molecule has 3 aromatic rings. The molecule has 128 valence electrons. The second-order valence-electron chi connectivity index (χ2n) is 5.20. The van der Waals surface area contributed by atoms with E-state index in [0.717, 1.165) is 27.1 Å². The standard InChI is InChI=1S/C19H17BrN2O3/c1-23-17-9-16(20)18(24-2)8-14(17)12-25-15-10-21-19(22-11-15)13-6-4-3-5-7-13/h3-11H,12H2,1-2H3. The Hall–Kier alpha value is -2.60. The Morgan fingerprint density at radius 2 is 1.60 bits per heavy atom. The first-order valence-corrected chi connectivity index (χ1v) is 8.41. The van der Waals surface area contributed by atoms with Crippen LogP contribution < -0.4 is 14.2 Å². The zero-order valence-corrected chi connectivity index (χ0v) is 15.5. The van der Waals surface area contributed by atoms with Gasteiger partial charge in [0.25, 0.3) is 0 Å². The lowest BCUT2D eigenvalue weighted by Gasteiger charge is -2.13. The van der Waals surface area contributed by atoms with Gasteiger partial charge in [0.2, 0.25) is 0 Å². The highest BCUT2D eigenvalue weighted by Crippen LogP contribution is 2.33. The van der Waals surface area contributed by atoms with E-state index in [1.165, 1.54) is 0 Å². The maximum Gasteiger partial charge on any atom is 0.159 e. The molecule has 0 fully saturated rings. The van der Waals surface area contributed by atoms with Crippen molar-refractivity contribution in [3.05, 3.63) is 64.9 Å². The van der Waals surface area contributed by atoms with Gasteiger partial charge in [0, 0.05) is 11.1 Å². The molecule has 6 heteroatoms. The molecule has 0 radical (unpaired) electrons. The van der Waals surface area contributed by atoms with Gasteiger partial charge in [-0.05, 0) is 28.1 Å². The van der Waals surface area contributed by atoms with Crippen molar-refractivity contribution < 1.29 is 14.2 Å².